The standard InChI is InChI=1S/C27H22N2O3S/c1-3-21-23(26(31)32-2)24(18-11-5-4-6-12-18)29-25(30)22(33-27(29)28-21)16-19-14-9-13-17-10-7-8-15-20(17)19/h4-16,24H,3H2,1-2H3/b22-16+/t24-/m0/s1. The van der Waals surface area contributed by atoms with E-state index in [-0.39, 0.29) is 5.56 Å². The molecule has 33 heavy (non-hydrogen) atoms. The summed E-state index contributed by atoms with van der Waals surface area (Å²) in [6, 6.07) is 23.1. The topological polar surface area (TPSA) is 60.7 Å². The van der Waals surface area contributed by atoms with Crippen LogP contribution in [0.4, 0.5) is 0 Å². The molecule has 0 saturated heterocycles. The van der Waals surface area contributed by atoms with E-state index in [9.17, 15) is 9.59 Å². The average molecular weight is 455 g/mol. The lowest BCUT2D eigenvalue weighted by Crippen LogP contribution is -2.40. The van der Waals surface area contributed by atoms with Crippen LogP contribution in [0.5, 0.6) is 0 Å². The van der Waals surface area contributed by atoms with Crippen molar-refractivity contribution in [1.29, 1.82) is 0 Å². The second kappa shape index (κ2) is 8.64. The van der Waals surface area contributed by atoms with E-state index in [0.717, 1.165) is 21.9 Å². The summed E-state index contributed by atoms with van der Waals surface area (Å²) < 4.78 is 7.31. The summed E-state index contributed by atoms with van der Waals surface area (Å²) >= 11 is 1.35. The number of hydrogen-bond acceptors (Lipinski definition) is 5. The van der Waals surface area contributed by atoms with E-state index in [0.29, 0.717) is 27.0 Å². The zero-order valence-electron chi connectivity index (χ0n) is 18.3. The fourth-order valence-electron chi connectivity index (χ4n) is 4.33. The van der Waals surface area contributed by atoms with Crippen molar-refractivity contribution >= 4 is 34.2 Å². The van der Waals surface area contributed by atoms with Crippen molar-refractivity contribution in [3.05, 3.63) is 115 Å². The Bertz CT molecular complexity index is 1570. The summed E-state index contributed by atoms with van der Waals surface area (Å²) in [6.45, 7) is 1.95. The Morgan fingerprint density at radius 2 is 1.79 bits per heavy atom. The molecule has 0 unspecified atom stereocenters. The normalized spacial score (nSPS) is 15.9. The van der Waals surface area contributed by atoms with Crippen molar-refractivity contribution in [1.82, 2.24) is 4.57 Å². The molecule has 1 aromatic heterocycles. The van der Waals surface area contributed by atoms with Gasteiger partial charge in [-0.15, -0.1) is 0 Å². The Labute approximate surface area is 194 Å². The van der Waals surface area contributed by atoms with Gasteiger partial charge in [-0.05, 0) is 34.4 Å². The fourth-order valence-corrected chi connectivity index (χ4v) is 5.34. The van der Waals surface area contributed by atoms with Crippen LogP contribution < -0.4 is 14.9 Å². The Morgan fingerprint density at radius 3 is 2.55 bits per heavy atom. The predicted octanol–water partition coefficient (Wildman–Crippen LogP) is 3.95. The van der Waals surface area contributed by atoms with Crippen LogP contribution in [0.25, 0.3) is 16.8 Å². The van der Waals surface area contributed by atoms with Crippen LogP contribution in [0, 0.1) is 0 Å². The minimum atomic E-state index is -0.584. The van der Waals surface area contributed by atoms with Crippen LogP contribution in [0.1, 0.15) is 30.5 Å². The molecule has 0 N–H and O–H groups in total. The van der Waals surface area contributed by atoms with Crippen molar-refractivity contribution in [2.24, 2.45) is 4.99 Å². The molecule has 1 atom stereocenters. The molecule has 0 spiro atoms. The Balaban J connectivity index is 1.79. The molecule has 5 nitrogen and oxygen atoms in total. The molecule has 0 bridgehead atoms. The van der Waals surface area contributed by atoms with E-state index >= 15 is 0 Å². The number of rotatable bonds is 4. The Hall–Kier alpha value is -3.77. The molecule has 3 aromatic carbocycles. The van der Waals surface area contributed by atoms with Crippen molar-refractivity contribution < 1.29 is 9.53 Å². The van der Waals surface area contributed by atoms with Gasteiger partial charge in [-0.25, -0.2) is 9.79 Å². The number of methoxy groups -OCH3 is 1. The van der Waals surface area contributed by atoms with Gasteiger partial charge in [0.05, 0.1) is 29.0 Å². The first-order valence-corrected chi connectivity index (χ1v) is 11.6. The maximum absolute atomic E-state index is 13.7. The number of fused-ring (bicyclic) bond motifs is 2. The molecule has 4 aromatic rings. The molecule has 6 heteroatoms. The zero-order chi connectivity index (χ0) is 22.9. The third kappa shape index (κ3) is 3.62. The van der Waals surface area contributed by atoms with Gasteiger partial charge in [0.15, 0.2) is 4.80 Å². The molecule has 164 valence electrons. The summed E-state index contributed by atoms with van der Waals surface area (Å²) in [6.07, 6.45) is 2.48. The number of allylic oxidation sites excluding steroid dienone is 1. The minimum Gasteiger partial charge on any atom is -0.466 e. The molecule has 0 radical (unpaired) electrons. The highest BCUT2D eigenvalue weighted by atomic mass is 32.1. The van der Waals surface area contributed by atoms with E-state index in [1.165, 1.54) is 18.4 Å². The van der Waals surface area contributed by atoms with Crippen molar-refractivity contribution in [3.63, 3.8) is 0 Å². The van der Waals surface area contributed by atoms with Crippen LogP contribution in [-0.4, -0.2) is 17.6 Å². The Morgan fingerprint density at radius 1 is 1.06 bits per heavy atom. The zero-order valence-corrected chi connectivity index (χ0v) is 19.1. The van der Waals surface area contributed by atoms with Crippen LogP contribution in [0.15, 0.2) is 93.9 Å². The van der Waals surface area contributed by atoms with Crippen molar-refractivity contribution in [3.8, 4) is 0 Å². The number of carbonyl (C=O) groups excluding carboxylic acids is 1. The summed E-state index contributed by atoms with van der Waals surface area (Å²) in [5.41, 5.74) is 2.70. The first-order valence-electron chi connectivity index (χ1n) is 10.8. The molecule has 1 aliphatic rings. The van der Waals surface area contributed by atoms with Gasteiger partial charge in [0.1, 0.15) is 0 Å². The van der Waals surface area contributed by atoms with Gasteiger partial charge in [0, 0.05) is 0 Å². The van der Waals surface area contributed by atoms with Gasteiger partial charge in [-0.2, -0.15) is 0 Å². The number of aromatic nitrogens is 1. The van der Waals surface area contributed by atoms with Gasteiger partial charge in [-0.3, -0.25) is 9.36 Å². The third-order valence-electron chi connectivity index (χ3n) is 5.88. The minimum absolute atomic E-state index is 0.169. The number of benzene rings is 3. The number of ether oxygens (including phenoxy) is 1. The van der Waals surface area contributed by atoms with E-state index in [1.807, 2.05) is 67.6 Å². The first-order chi connectivity index (χ1) is 16.1. The van der Waals surface area contributed by atoms with Crippen LogP contribution in [0.2, 0.25) is 0 Å². The number of esters is 1. The van der Waals surface area contributed by atoms with Gasteiger partial charge >= 0.3 is 5.97 Å². The average Bonchev–Trinajstić information content (AvgIpc) is 3.17. The molecule has 2 heterocycles. The van der Waals surface area contributed by atoms with Gasteiger partial charge in [-0.1, -0.05) is 91.1 Å². The van der Waals surface area contributed by atoms with E-state index in [1.54, 1.807) is 4.57 Å². The molecule has 5 rings (SSSR count). The molecular weight excluding hydrogens is 432 g/mol. The lowest BCUT2D eigenvalue weighted by molar-refractivity contribution is -0.136. The molecule has 0 aliphatic carbocycles. The van der Waals surface area contributed by atoms with Crippen LogP contribution in [-0.2, 0) is 9.53 Å². The van der Waals surface area contributed by atoms with Gasteiger partial charge in [0.25, 0.3) is 5.56 Å². The predicted molar refractivity (Wildman–Crippen MR) is 131 cm³/mol. The number of carbonyl (C=O) groups is 1. The monoisotopic (exact) mass is 454 g/mol. The number of hydrogen-bond donors (Lipinski definition) is 0. The molecule has 0 saturated carbocycles. The second-order valence-corrected chi connectivity index (χ2v) is 8.78. The van der Waals surface area contributed by atoms with Gasteiger partial charge < -0.3 is 4.74 Å². The molecular formula is C27H22N2O3S. The quantitative estimate of drug-likeness (QED) is 0.439. The molecule has 0 fully saturated rings. The van der Waals surface area contributed by atoms with E-state index < -0.39 is 12.0 Å². The van der Waals surface area contributed by atoms with E-state index in [2.05, 4.69) is 18.2 Å². The summed E-state index contributed by atoms with van der Waals surface area (Å²) in [4.78, 5) is 31.8. The fraction of sp³-hybridized carbons (Fsp3) is 0.148. The van der Waals surface area contributed by atoms with Crippen LogP contribution in [0.3, 0.4) is 0 Å². The van der Waals surface area contributed by atoms with Crippen molar-refractivity contribution in [2.45, 2.75) is 19.4 Å². The highest BCUT2D eigenvalue weighted by Gasteiger charge is 2.33. The highest BCUT2D eigenvalue weighted by Crippen LogP contribution is 2.31. The van der Waals surface area contributed by atoms with Crippen LogP contribution >= 0.6 is 11.3 Å². The number of nitrogens with zero attached hydrogens (tertiary/aromatic N) is 2. The maximum atomic E-state index is 13.7. The highest BCUT2D eigenvalue weighted by molar-refractivity contribution is 7.07. The van der Waals surface area contributed by atoms with E-state index in [4.69, 9.17) is 9.73 Å². The summed E-state index contributed by atoms with van der Waals surface area (Å²) in [5.74, 6) is -0.465. The smallest absolute Gasteiger partial charge is 0.338 e. The lowest BCUT2D eigenvalue weighted by Gasteiger charge is -2.25. The van der Waals surface area contributed by atoms with Gasteiger partial charge in [0.2, 0.25) is 0 Å². The molecule has 0 amide bonds. The summed E-state index contributed by atoms with van der Waals surface area (Å²) in [5, 5.41) is 2.19. The lowest BCUT2D eigenvalue weighted by atomic mass is 9.95. The summed E-state index contributed by atoms with van der Waals surface area (Å²) in [7, 11) is 1.36. The number of thiazole rings is 1. The SMILES string of the molecule is CCC1=C(C(=O)OC)[C@H](c2ccccc2)n2c(s/c(=C/c3cccc4ccccc34)c2=O)=N1. The third-order valence-corrected chi connectivity index (χ3v) is 6.86. The van der Waals surface area contributed by atoms with Crippen molar-refractivity contribution in [2.75, 3.05) is 7.11 Å². The molecule has 1 aliphatic heterocycles. The largest absolute Gasteiger partial charge is 0.466 e. The Kier molecular flexibility index (Phi) is 5.52. The second-order valence-electron chi connectivity index (χ2n) is 7.77. The first kappa shape index (κ1) is 21.1. The maximum Gasteiger partial charge on any atom is 0.338 e.